The Hall–Kier alpha value is -2.27. The molecule has 0 atom stereocenters. The topological polar surface area (TPSA) is 49.4 Å². The number of nitrogens with one attached hydrogen (secondary N) is 1. The molecule has 0 bridgehead atoms. The summed E-state index contributed by atoms with van der Waals surface area (Å²) < 4.78 is 0. The van der Waals surface area contributed by atoms with Crippen LogP contribution in [0.25, 0.3) is 0 Å². The average molecular weight is 326 g/mol. The lowest BCUT2D eigenvalue weighted by molar-refractivity contribution is -0.121. The maximum absolute atomic E-state index is 12.3. The highest BCUT2D eigenvalue weighted by Gasteiger charge is 2.24. The third kappa shape index (κ3) is 3.74. The molecular formula is C18H18N2O2S. The molecule has 0 unspecified atom stereocenters. The summed E-state index contributed by atoms with van der Waals surface area (Å²) in [6, 6.07) is 15.3. The fourth-order valence-corrected chi connectivity index (χ4v) is 3.47. The van der Waals surface area contributed by atoms with Gasteiger partial charge in [0.1, 0.15) is 6.54 Å². The van der Waals surface area contributed by atoms with Crippen LogP contribution in [0.5, 0.6) is 0 Å². The minimum absolute atomic E-state index is 0.0125. The van der Waals surface area contributed by atoms with E-state index in [1.165, 1.54) is 0 Å². The van der Waals surface area contributed by atoms with Crippen molar-refractivity contribution in [3.63, 3.8) is 0 Å². The Balaban J connectivity index is 1.76. The molecule has 1 aliphatic heterocycles. The lowest BCUT2D eigenvalue weighted by Gasteiger charge is -2.22. The van der Waals surface area contributed by atoms with Crippen molar-refractivity contribution in [1.82, 2.24) is 0 Å². The van der Waals surface area contributed by atoms with Crippen molar-refractivity contribution in [2.45, 2.75) is 18.2 Å². The summed E-state index contributed by atoms with van der Waals surface area (Å²) in [7, 11) is 0. The van der Waals surface area contributed by atoms with Crippen LogP contribution in [0, 0.1) is 6.92 Å². The van der Waals surface area contributed by atoms with Crippen molar-refractivity contribution >= 4 is 35.0 Å². The third-order valence-corrected chi connectivity index (χ3v) is 4.73. The van der Waals surface area contributed by atoms with Gasteiger partial charge >= 0.3 is 0 Å². The summed E-state index contributed by atoms with van der Waals surface area (Å²) in [5.74, 6) is 0.539. The Morgan fingerprint density at radius 1 is 1.17 bits per heavy atom. The molecule has 23 heavy (non-hydrogen) atoms. The first-order chi connectivity index (χ1) is 11.1. The second kappa shape index (κ2) is 6.87. The number of rotatable bonds is 3. The molecular weight excluding hydrogens is 308 g/mol. The first-order valence-corrected chi connectivity index (χ1v) is 8.51. The molecule has 2 aromatic carbocycles. The van der Waals surface area contributed by atoms with Gasteiger partial charge in [0.25, 0.3) is 0 Å². The van der Waals surface area contributed by atoms with Gasteiger partial charge in [-0.1, -0.05) is 29.8 Å². The number of carbonyl (C=O) groups excluding carboxylic acids is 2. The highest BCUT2D eigenvalue weighted by molar-refractivity contribution is 7.99. The lowest BCUT2D eigenvalue weighted by Crippen LogP contribution is -2.37. The van der Waals surface area contributed by atoms with E-state index in [4.69, 9.17) is 0 Å². The number of benzene rings is 2. The number of anilines is 2. The van der Waals surface area contributed by atoms with Crippen LogP contribution in [0.15, 0.2) is 53.4 Å². The maximum Gasteiger partial charge on any atom is 0.244 e. The molecule has 3 rings (SSSR count). The second-order valence-corrected chi connectivity index (χ2v) is 6.60. The molecule has 2 aromatic rings. The predicted octanol–water partition coefficient (Wildman–Crippen LogP) is 3.46. The molecule has 1 heterocycles. The van der Waals surface area contributed by atoms with E-state index in [1.54, 1.807) is 16.7 Å². The van der Waals surface area contributed by atoms with E-state index in [0.29, 0.717) is 6.42 Å². The molecule has 1 N–H and O–H groups in total. The van der Waals surface area contributed by atoms with Gasteiger partial charge in [0.05, 0.1) is 5.69 Å². The number of aryl methyl sites for hydroxylation is 1. The zero-order valence-corrected chi connectivity index (χ0v) is 13.7. The van der Waals surface area contributed by atoms with Gasteiger partial charge in [0, 0.05) is 22.8 Å². The molecule has 2 amide bonds. The van der Waals surface area contributed by atoms with Crippen LogP contribution in [0.3, 0.4) is 0 Å². The fraction of sp³-hybridized carbons (Fsp3) is 0.222. The fourth-order valence-electron chi connectivity index (χ4n) is 2.47. The summed E-state index contributed by atoms with van der Waals surface area (Å²) in [4.78, 5) is 27.3. The van der Waals surface area contributed by atoms with E-state index in [1.807, 2.05) is 55.5 Å². The van der Waals surface area contributed by atoms with E-state index < -0.39 is 0 Å². The van der Waals surface area contributed by atoms with Crippen LogP contribution < -0.4 is 10.2 Å². The Kier molecular flexibility index (Phi) is 4.67. The van der Waals surface area contributed by atoms with Crippen LogP contribution in [-0.2, 0) is 9.59 Å². The number of nitrogens with zero attached hydrogens (tertiary/aromatic N) is 1. The Morgan fingerprint density at radius 3 is 2.70 bits per heavy atom. The minimum Gasteiger partial charge on any atom is -0.325 e. The van der Waals surface area contributed by atoms with Crippen molar-refractivity contribution in [1.29, 1.82) is 0 Å². The molecule has 0 fully saturated rings. The molecule has 0 radical (unpaired) electrons. The minimum atomic E-state index is -0.191. The van der Waals surface area contributed by atoms with Crippen LogP contribution in [0.1, 0.15) is 12.0 Å². The highest BCUT2D eigenvalue weighted by atomic mass is 32.2. The maximum atomic E-state index is 12.3. The van der Waals surface area contributed by atoms with Gasteiger partial charge in [-0.25, -0.2) is 0 Å². The Morgan fingerprint density at radius 2 is 1.91 bits per heavy atom. The van der Waals surface area contributed by atoms with Crippen molar-refractivity contribution in [3.8, 4) is 0 Å². The number of hydrogen-bond acceptors (Lipinski definition) is 3. The van der Waals surface area contributed by atoms with Crippen molar-refractivity contribution < 1.29 is 9.59 Å². The molecule has 118 valence electrons. The highest BCUT2D eigenvalue weighted by Crippen LogP contribution is 2.33. The standard InChI is InChI=1S/C18H18N2O2S/c1-13-6-8-14(9-7-13)19-17(21)12-20-15-4-2-3-5-16(15)23-11-10-18(20)22/h2-9H,10-12H2,1H3,(H,19,21). The van der Waals surface area contributed by atoms with Gasteiger partial charge in [-0.2, -0.15) is 0 Å². The summed E-state index contributed by atoms with van der Waals surface area (Å²) in [6.07, 6.45) is 0.442. The van der Waals surface area contributed by atoms with Crippen LogP contribution >= 0.6 is 11.8 Å². The number of amides is 2. The first-order valence-electron chi connectivity index (χ1n) is 7.52. The van der Waals surface area contributed by atoms with Gasteiger partial charge in [0.2, 0.25) is 11.8 Å². The second-order valence-electron chi connectivity index (χ2n) is 5.46. The molecule has 4 nitrogen and oxygen atoms in total. The third-order valence-electron chi connectivity index (χ3n) is 3.67. The van der Waals surface area contributed by atoms with Gasteiger partial charge in [-0.3, -0.25) is 9.59 Å². The smallest absolute Gasteiger partial charge is 0.244 e. The van der Waals surface area contributed by atoms with Gasteiger partial charge in [-0.15, -0.1) is 11.8 Å². The summed E-state index contributed by atoms with van der Waals surface area (Å²) in [5, 5.41) is 2.85. The Bertz CT molecular complexity index is 728. The van der Waals surface area contributed by atoms with E-state index in [2.05, 4.69) is 5.32 Å². The van der Waals surface area contributed by atoms with Gasteiger partial charge in [0.15, 0.2) is 0 Å². The average Bonchev–Trinajstić information content (AvgIpc) is 2.70. The van der Waals surface area contributed by atoms with Crippen LogP contribution in [-0.4, -0.2) is 24.1 Å². The SMILES string of the molecule is Cc1ccc(NC(=O)CN2C(=O)CCSc3ccccc32)cc1. The molecule has 0 saturated heterocycles. The number of fused-ring (bicyclic) bond motifs is 1. The molecule has 0 saturated carbocycles. The summed E-state index contributed by atoms with van der Waals surface area (Å²) >= 11 is 1.66. The predicted molar refractivity (Wildman–Crippen MR) is 93.9 cm³/mol. The van der Waals surface area contributed by atoms with Gasteiger partial charge < -0.3 is 10.2 Å². The Labute approximate surface area is 139 Å². The number of carbonyl (C=O) groups is 2. The number of hydrogen-bond donors (Lipinski definition) is 1. The molecule has 0 aliphatic carbocycles. The van der Waals surface area contributed by atoms with E-state index >= 15 is 0 Å². The van der Waals surface area contributed by atoms with Crippen molar-refractivity contribution in [3.05, 3.63) is 54.1 Å². The molecule has 0 spiro atoms. The monoisotopic (exact) mass is 326 g/mol. The number of para-hydroxylation sites is 1. The number of thioether (sulfide) groups is 1. The molecule has 0 aromatic heterocycles. The van der Waals surface area contributed by atoms with Crippen molar-refractivity contribution in [2.75, 3.05) is 22.5 Å². The van der Waals surface area contributed by atoms with Crippen LogP contribution in [0.4, 0.5) is 11.4 Å². The lowest BCUT2D eigenvalue weighted by atomic mass is 10.2. The largest absolute Gasteiger partial charge is 0.325 e. The molecule has 1 aliphatic rings. The van der Waals surface area contributed by atoms with Crippen LogP contribution in [0.2, 0.25) is 0 Å². The normalized spacial score (nSPS) is 14.1. The summed E-state index contributed by atoms with van der Waals surface area (Å²) in [6.45, 7) is 2.03. The van der Waals surface area contributed by atoms with Gasteiger partial charge in [-0.05, 0) is 31.2 Å². The summed E-state index contributed by atoms with van der Waals surface area (Å²) in [5.41, 5.74) is 2.70. The first kappa shape index (κ1) is 15.6. The zero-order valence-electron chi connectivity index (χ0n) is 12.9. The molecule has 5 heteroatoms. The van der Waals surface area contributed by atoms with E-state index in [0.717, 1.165) is 27.6 Å². The zero-order chi connectivity index (χ0) is 16.2. The van der Waals surface area contributed by atoms with E-state index in [-0.39, 0.29) is 18.4 Å². The quantitative estimate of drug-likeness (QED) is 0.940. The van der Waals surface area contributed by atoms with Crippen molar-refractivity contribution in [2.24, 2.45) is 0 Å². The van der Waals surface area contributed by atoms with E-state index in [9.17, 15) is 9.59 Å².